The van der Waals surface area contributed by atoms with E-state index in [0.717, 1.165) is 66.3 Å². The number of hydrogen-bond donors (Lipinski definition) is 2. The summed E-state index contributed by atoms with van der Waals surface area (Å²) in [5.41, 5.74) is 3.37. The van der Waals surface area contributed by atoms with Crippen LogP contribution in [0, 0.1) is 5.92 Å². The first-order chi connectivity index (χ1) is 17.1. The molecule has 6 rings (SSSR count). The quantitative estimate of drug-likeness (QED) is 0.424. The zero-order chi connectivity index (χ0) is 23.9. The van der Waals surface area contributed by atoms with Crippen molar-refractivity contribution in [2.45, 2.75) is 31.8 Å². The summed E-state index contributed by atoms with van der Waals surface area (Å²) in [5, 5.41) is 7.73. The lowest BCUT2D eigenvalue weighted by molar-refractivity contribution is -0.117. The molecule has 1 aromatic carbocycles. The van der Waals surface area contributed by atoms with Gasteiger partial charge in [-0.15, -0.1) is 0 Å². The monoisotopic (exact) mass is 472 g/mol. The number of rotatable bonds is 6. The highest BCUT2D eigenvalue weighted by Crippen LogP contribution is 2.35. The number of hydrogen-bond acceptors (Lipinski definition) is 8. The Hall–Kier alpha value is -3.72. The van der Waals surface area contributed by atoms with Gasteiger partial charge in [0.25, 0.3) is 0 Å². The topological polar surface area (TPSA) is 105 Å². The van der Waals surface area contributed by atoms with Crippen LogP contribution in [0.5, 0.6) is 0 Å². The van der Waals surface area contributed by atoms with Gasteiger partial charge in [0, 0.05) is 62.0 Å². The zero-order valence-electron chi connectivity index (χ0n) is 19.9. The summed E-state index contributed by atoms with van der Waals surface area (Å²) in [6, 6.07) is 7.98. The van der Waals surface area contributed by atoms with E-state index in [1.165, 1.54) is 0 Å². The first-order valence-corrected chi connectivity index (χ1v) is 12.1. The number of ether oxygens (including phenoxy) is 1. The van der Waals surface area contributed by atoms with Gasteiger partial charge in [-0.05, 0) is 49.9 Å². The molecule has 2 fully saturated rings. The molecule has 4 heterocycles. The molecule has 1 aliphatic heterocycles. The van der Waals surface area contributed by atoms with Crippen LogP contribution in [0.1, 0.15) is 25.7 Å². The fourth-order valence-electron chi connectivity index (χ4n) is 4.74. The summed E-state index contributed by atoms with van der Waals surface area (Å²) in [6.07, 6.45) is 7.79. The van der Waals surface area contributed by atoms with Crippen LogP contribution in [-0.2, 0) is 9.53 Å². The second-order valence-electron chi connectivity index (χ2n) is 9.27. The molecule has 9 heteroatoms. The number of benzene rings is 1. The Morgan fingerprint density at radius 2 is 2.03 bits per heavy atom. The van der Waals surface area contributed by atoms with E-state index in [-0.39, 0.29) is 17.9 Å². The molecule has 0 spiro atoms. The van der Waals surface area contributed by atoms with Crippen LogP contribution in [-0.4, -0.2) is 54.2 Å². The lowest BCUT2D eigenvalue weighted by atomic mass is 10.1. The van der Waals surface area contributed by atoms with E-state index < -0.39 is 0 Å². The first-order valence-electron chi connectivity index (χ1n) is 12.1. The molecule has 1 saturated heterocycles. The lowest BCUT2D eigenvalue weighted by Crippen LogP contribution is -2.39. The smallest absolute Gasteiger partial charge is 0.229 e. The average molecular weight is 473 g/mol. The number of methoxy groups -OCH3 is 1. The van der Waals surface area contributed by atoms with Crippen LogP contribution in [0.2, 0.25) is 0 Å². The number of carbonyl (C=O) groups excluding carboxylic acids is 1. The minimum Gasteiger partial charge on any atom is -0.436 e. The van der Waals surface area contributed by atoms with Crippen LogP contribution in [0.3, 0.4) is 0 Å². The maximum atomic E-state index is 12.3. The molecule has 0 bridgehead atoms. The molecular weight excluding hydrogens is 444 g/mol. The van der Waals surface area contributed by atoms with E-state index in [2.05, 4.69) is 37.6 Å². The van der Waals surface area contributed by atoms with Crippen molar-refractivity contribution in [2.24, 2.45) is 5.92 Å². The van der Waals surface area contributed by atoms with Crippen LogP contribution >= 0.6 is 0 Å². The molecule has 2 N–H and O–H groups in total. The second kappa shape index (κ2) is 8.81. The SMILES string of the molecule is CNc1ncc(-c2nc3cc(N4CCCC(OC)C4)ccc3o2)c2cc(NC(=O)C3CC3)ncc12. The Balaban J connectivity index is 1.38. The van der Waals surface area contributed by atoms with Crippen LogP contribution in [0.4, 0.5) is 17.3 Å². The van der Waals surface area contributed by atoms with Gasteiger partial charge in [0.05, 0.1) is 11.7 Å². The predicted molar refractivity (Wildman–Crippen MR) is 136 cm³/mol. The third-order valence-corrected chi connectivity index (χ3v) is 6.89. The summed E-state index contributed by atoms with van der Waals surface area (Å²) in [5.74, 6) is 1.82. The van der Waals surface area contributed by atoms with E-state index in [4.69, 9.17) is 14.1 Å². The van der Waals surface area contributed by atoms with E-state index in [0.29, 0.717) is 23.1 Å². The highest BCUT2D eigenvalue weighted by atomic mass is 16.5. The average Bonchev–Trinajstić information content (AvgIpc) is 3.67. The minimum absolute atomic E-state index is 0.0177. The van der Waals surface area contributed by atoms with Crippen molar-refractivity contribution in [1.29, 1.82) is 0 Å². The van der Waals surface area contributed by atoms with Gasteiger partial charge < -0.3 is 24.7 Å². The van der Waals surface area contributed by atoms with Gasteiger partial charge in [-0.3, -0.25) is 4.79 Å². The van der Waals surface area contributed by atoms with Crippen molar-refractivity contribution >= 4 is 45.1 Å². The summed E-state index contributed by atoms with van der Waals surface area (Å²) >= 11 is 0. The molecule has 2 aliphatic rings. The molecule has 1 amide bonds. The number of piperidine rings is 1. The fourth-order valence-corrected chi connectivity index (χ4v) is 4.74. The number of fused-ring (bicyclic) bond motifs is 2. The number of carbonyl (C=O) groups is 1. The van der Waals surface area contributed by atoms with Gasteiger partial charge in [0.2, 0.25) is 11.8 Å². The predicted octanol–water partition coefficient (Wildman–Crippen LogP) is 4.44. The molecule has 1 atom stereocenters. The van der Waals surface area contributed by atoms with Crippen molar-refractivity contribution in [3.05, 3.63) is 36.7 Å². The first kappa shape index (κ1) is 21.8. The molecule has 4 aromatic rings. The Morgan fingerprint density at radius 3 is 2.83 bits per heavy atom. The number of aromatic nitrogens is 3. The maximum absolute atomic E-state index is 12.3. The fraction of sp³-hybridized carbons (Fsp3) is 0.385. The summed E-state index contributed by atoms with van der Waals surface area (Å²) in [6.45, 7) is 1.87. The molecule has 180 valence electrons. The van der Waals surface area contributed by atoms with E-state index in [1.54, 1.807) is 19.5 Å². The number of anilines is 3. The zero-order valence-corrected chi connectivity index (χ0v) is 19.9. The number of pyridine rings is 2. The van der Waals surface area contributed by atoms with Gasteiger partial charge in [-0.1, -0.05) is 0 Å². The van der Waals surface area contributed by atoms with Crippen molar-refractivity contribution in [3.63, 3.8) is 0 Å². The van der Waals surface area contributed by atoms with Gasteiger partial charge in [-0.25, -0.2) is 15.0 Å². The molecule has 3 aromatic heterocycles. The largest absolute Gasteiger partial charge is 0.436 e. The molecule has 9 nitrogen and oxygen atoms in total. The lowest BCUT2D eigenvalue weighted by Gasteiger charge is -2.33. The van der Waals surface area contributed by atoms with Crippen LogP contribution in [0.25, 0.3) is 33.3 Å². The standard InChI is InChI=1S/C26H28N6O3/c1-27-24-19-12-28-23(31-25(33)15-5-6-15)11-18(19)20(13-29-24)26-30-21-10-16(7-8-22(21)35-26)32-9-3-4-17(14-32)34-2/h7-8,10-13,15,17H,3-6,9,14H2,1-2H3,(H,27,29)(H,28,31,33). The van der Waals surface area contributed by atoms with Gasteiger partial charge in [0.1, 0.15) is 17.2 Å². The summed E-state index contributed by atoms with van der Waals surface area (Å²) in [7, 11) is 3.59. The number of nitrogens with one attached hydrogen (secondary N) is 2. The van der Waals surface area contributed by atoms with Gasteiger partial charge in [-0.2, -0.15) is 0 Å². The van der Waals surface area contributed by atoms with E-state index >= 15 is 0 Å². The Kier molecular flexibility index (Phi) is 5.49. The molecule has 35 heavy (non-hydrogen) atoms. The molecule has 1 saturated carbocycles. The maximum Gasteiger partial charge on any atom is 0.229 e. The van der Waals surface area contributed by atoms with E-state index in [1.807, 2.05) is 19.2 Å². The summed E-state index contributed by atoms with van der Waals surface area (Å²) in [4.78, 5) is 28.4. The molecule has 0 radical (unpaired) electrons. The Morgan fingerprint density at radius 1 is 1.14 bits per heavy atom. The van der Waals surface area contributed by atoms with Crippen molar-refractivity contribution in [1.82, 2.24) is 15.0 Å². The third-order valence-electron chi connectivity index (χ3n) is 6.89. The third kappa shape index (κ3) is 4.16. The second-order valence-corrected chi connectivity index (χ2v) is 9.27. The van der Waals surface area contributed by atoms with Crippen molar-refractivity contribution < 1.29 is 13.9 Å². The molecule has 1 aliphatic carbocycles. The van der Waals surface area contributed by atoms with Crippen LogP contribution in [0.15, 0.2) is 41.1 Å². The molecular formula is C26H28N6O3. The summed E-state index contributed by atoms with van der Waals surface area (Å²) < 4.78 is 11.7. The van der Waals surface area contributed by atoms with Gasteiger partial charge in [0.15, 0.2) is 5.58 Å². The van der Waals surface area contributed by atoms with Crippen molar-refractivity contribution in [2.75, 3.05) is 42.8 Å². The Bertz CT molecular complexity index is 1410. The number of amides is 1. The number of oxazole rings is 1. The normalized spacial score (nSPS) is 18.2. The van der Waals surface area contributed by atoms with Crippen molar-refractivity contribution in [3.8, 4) is 11.5 Å². The van der Waals surface area contributed by atoms with E-state index in [9.17, 15) is 4.79 Å². The van der Waals surface area contributed by atoms with Gasteiger partial charge >= 0.3 is 0 Å². The highest BCUT2D eigenvalue weighted by Gasteiger charge is 2.30. The molecule has 1 unspecified atom stereocenters. The number of nitrogens with zero attached hydrogens (tertiary/aromatic N) is 4. The minimum atomic E-state index is 0.0177. The van der Waals surface area contributed by atoms with Crippen LogP contribution < -0.4 is 15.5 Å². The highest BCUT2D eigenvalue weighted by molar-refractivity contribution is 6.03. The Labute approximate surface area is 202 Å².